The van der Waals surface area contributed by atoms with Gasteiger partial charge in [0.25, 0.3) is 5.91 Å². The quantitative estimate of drug-likeness (QED) is 0.617. The minimum atomic E-state index is -0.106. The van der Waals surface area contributed by atoms with E-state index in [2.05, 4.69) is 22.4 Å². The number of hydrogen-bond acceptors (Lipinski definition) is 4. The molecule has 3 aromatic rings. The zero-order valence-corrected chi connectivity index (χ0v) is 18.2. The first-order valence-corrected chi connectivity index (χ1v) is 11.1. The lowest BCUT2D eigenvalue weighted by atomic mass is 9.99. The molecule has 0 saturated heterocycles. The predicted molar refractivity (Wildman–Crippen MR) is 118 cm³/mol. The van der Waals surface area contributed by atoms with E-state index in [0.717, 1.165) is 29.5 Å². The van der Waals surface area contributed by atoms with Crippen LogP contribution in [-0.2, 0) is 17.8 Å². The van der Waals surface area contributed by atoms with Gasteiger partial charge >= 0.3 is 0 Å². The van der Waals surface area contributed by atoms with Crippen molar-refractivity contribution in [3.8, 4) is 5.13 Å². The number of aromatic nitrogens is 2. The number of benzene rings is 1. The molecule has 30 heavy (non-hydrogen) atoms. The summed E-state index contributed by atoms with van der Waals surface area (Å²) in [6.07, 6.45) is 3.75. The Bertz CT molecular complexity index is 1060. The summed E-state index contributed by atoms with van der Waals surface area (Å²) in [6.45, 7) is 5.84. The summed E-state index contributed by atoms with van der Waals surface area (Å²) >= 11 is 1.54. The maximum absolute atomic E-state index is 12.6. The van der Waals surface area contributed by atoms with Crippen LogP contribution in [0.2, 0.25) is 0 Å². The third-order valence-electron chi connectivity index (χ3n) is 5.62. The lowest BCUT2D eigenvalue weighted by Crippen LogP contribution is -2.36. The van der Waals surface area contributed by atoms with Gasteiger partial charge in [-0.05, 0) is 43.9 Å². The zero-order valence-electron chi connectivity index (χ0n) is 17.4. The fraction of sp³-hybridized carbons (Fsp3) is 0.348. The Morgan fingerprint density at radius 1 is 1.20 bits per heavy atom. The van der Waals surface area contributed by atoms with Gasteiger partial charge in [-0.3, -0.25) is 14.2 Å². The molecule has 2 aromatic heterocycles. The molecule has 0 saturated carbocycles. The Labute approximate surface area is 180 Å². The molecule has 3 heterocycles. The van der Waals surface area contributed by atoms with Gasteiger partial charge in [0.05, 0.1) is 5.56 Å². The highest BCUT2D eigenvalue weighted by atomic mass is 32.1. The maximum atomic E-state index is 12.6. The molecule has 156 valence electrons. The van der Waals surface area contributed by atoms with Gasteiger partial charge < -0.3 is 10.2 Å². The number of fused-ring (bicyclic) bond motifs is 1. The summed E-state index contributed by atoms with van der Waals surface area (Å²) in [5.74, 6) is 0.0472. The van der Waals surface area contributed by atoms with Crippen LogP contribution in [0.25, 0.3) is 5.13 Å². The van der Waals surface area contributed by atoms with Crippen LogP contribution in [-0.4, -0.2) is 39.4 Å². The van der Waals surface area contributed by atoms with Crippen LogP contribution in [0.4, 0.5) is 0 Å². The Balaban J connectivity index is 1.28. The second-order valence-electron chi connectivity index (χ2n) is 7.63. The van der Waals surface area contributed by atoms with Crippen molar-refractivity contribution >= 4 is 23.2 Å². The molecule has 1 aliphatic rings. The molecule has 0 aliphatic carbocycles. The number of hydrogen-bond donors (Lipinski definition) is 1. The first kappa shape index (κ1) is 20.3. The predicted octanol–water partition coefficient (Wildman–Crippen LogP) is 3.65. The smallest absolute Gasteiger partial charge is 0.253 e. The number of nitrogens with zero attached hydrogens (tertiary/aromatic N) is 3. The van der Waals surface area contributed by atoms with Gasteiger partial charge in [-0.15, -0.1) is 11.3 Å². The lowest BCUT2D eigenvalue weighted by Gasteiger charge is -2.29. The molecule has 4 rings (SSSR count). The van der Waals surface area contributed by atoms with Crippen LogP contribution in [0.5, 0.6) is 0 Å². The van der Waals surface area contributed by atoms with E-state index >= 15 is 0 Å². The van der Waals surface area contributed by atoms with Gasteiger partial charge in [-0.25, -0.2) is 4.98 Å². The zero-order chi connectivity index (χ0) is 21.1. The van der Waals surface area contributed by atoms with Gasteiger partial charge in [0, 0.05) is 49.0 Å². The Kier molecular flexibility index (Phi) is 5.99. The van der Waals surface area contributed by atoms with E-state index in [9.17, 15) is 9.59 Å². The number of carbonyl (C=O) groups is 2. The van der Waals surface area contributed by atoms with E-state index in [1.807, 2.05) is 46.9 Å². The minimum absolute atomic E-state index is 0.106. The summed E-state index contributed by atoms with van der Waals surface area (Å²) in [6, 6.07) is 10.2. The highest BCUT2D eigenvalue weighted by Gasteiger charge is 2.20. The normalized spacial score (nSPS) is 13.2. The maximum Gasteiger partial charge on any atom is 0.253 e. The molecular formula is C23H26N4O2S. The van der Waals surface area contributed by atoms with E-state index in [0.29, 0.717) is 31.5 Å². The number of rotatable bonds is 6. The molecule has 0 fully saturated rings. The lowest BCUT2D eigenvalue weighted by molar-refractivity contribution is -0.132. The third-order valence-corrected chi connectivity index (χ3v) is 6.38. The number of amides is 2. The molecule has 1 N–H and O–H groups in total. The van der Waals surface area contributed by atoms with E-state index < -0.39 is 0 Å². The monoisotopic (exact) mass is 422 g/mol. The highest BCUT2D eigenvalue weighted by Crippen LogP contribution is 2.22. The number of thiazole rings is 1. The third kappa shape index (κ3) is 4.16. The number of aryl methyl sites for hydroxylation is 1. The summed E-state index contributed by atoms with van der Waals surface area (Å²) in [5.41, 5.74) is 5.09. The Morgan fingerprint density at radius 3 is 2.77 bits per heavy atom. The average molecular weight is 423 g/mol. The Morgan fingerprint density at radius 2 is 2.00 bits per heavy atom. The summed E-state index contributed by atoms with van der Waals surface area (Å²) < 4.78 is 2.00. The average Bonchev–Trinajstić information content (AvgIpc) is 3.38. The van der Waals surface area contributed by atoms with Crippen LogP contribution in [0.15, 0.2) is 41.9 Å². The number of carbonyl (C=O) groups excluding carboxylic acids is 2. The second-order valence-corrected chi connectivity index (χ2v) is 8.50. The van der Waals surface area contributed by atoms with Crippen LogP contribution in [0, 0.1) is 13.8 Å². The molecule has 7 heteroatoms. The summed E-state index contributed by atoms with van der Waals surface area (Å²) in [5, 5.41) is 5.74. The molecule has 0 radical (unpaired) electrons. The van der Waals surface area contributed by atoms with Crippen LogP contribution < -0.4 is 5.32 Å². The molecule has 2 amide bonds. The van der Waals surface area contributed by atoms with Gasteiger partial charge in [0.15, 0.2) is 5.13 Å². The molecule has 0 spiro atoms. The fourth-order valence-electron chi connectivity index (χ4n) is 4.02. The highest BCUT2D eigenvalue weighted by molar-refractivity contribution is 7.12. The van der Waals surface area contributed by atoms with Gasteiger partial charge in [0.2, 0.25) is 5.91 Å². The standard InChI is InChI=1S/C23H26N4O2S/c1-16-14-20(17(2)27(16)23-25-11-13-30-23)22(29)24-10-5-8-21(28)26-12-9-18-6-3-4-7-19(18)15-26/h3-4,6-7,11,13-14H,5,8-10,12,15H2,1-2H3,(H,24,29). The van der Waals surface area contributed by atoms with E-state index in [4.69, 9.17) is 0 Å². The van der Waals surface area contributed by atoms with Crippen molar-refractivity contribution in [2.75, 3.05) is 13.1 Å². The first-order valence-electron chi connectivity index (χ1n) is 10.3. The summed E-state index contributed by atoms with van der Waals surface area (Å²) in [7, 11) is 0. The van der Waals surface area contributed by atoms with Crippen molar-refractivity contribution in [1.82, 2.24) is 19.8 Å². The van der Waals surface area contributed by atoms with Crippen molar-refractivity contribution in [2.45, 2.75) is 39.7 Å². The van der Waals surface area contributed by atoms with Gasteiger partial charge in [-0.1, -0.05) is 24.3 Å². The fourth-order valence-corrected chi connectivity index (χ4v) is 4.77. The van der Waals surface area contributed by atoms with Crippen molar-refractivity contribution in [1.29, 1.82) is 0 Å². The van der Waals surface area contributed by atoms with Crippen molar-refractivity contribution in [2.24, 2.45) is 0 Å². The van der Waals surface area contributed by atoms with E-state index in [-0.39, 0.29) is 11.8 Å². The Hall–Kier alpha value is -2.93. The van der Waals surface area contributed by atoms with Crippen molar-refractivity contribution in [3.63, 3.8) is 0 Å². The first-order chi connectivity index (χ1) is 14.5. The van der Waals surface area contributed by atoms with Crippen LogP contribution in [0.1, 0.15) is 45.7 Å². The van der Waals surface area contributed by atoms with Crippen LogP contribution in [0.3, 0.4) is 0 Å². The molecule has 1 aliphatic heterocycles. The second kappa shape index (κ2) is 8.83. The number of nitrogens with one attached hydrogen (secondary N) is 1. The van der Waals surface area contributed by atoms with E-state index in [1.165, 1.54) is 11.1 Å². The summed E-state index contributed by atoms with van der Waals surface area (Å²) in [4.78, 5) is 31.5. The van der Waals surface area contributed by atoms with Gasteiger partial charge in [-0.2, -0.15) is 0 Å². The van der Waals surface area contributed by atoms with Crippen molar-refractivity contribution < 1.29 is 9.59 Å². The molecular weight excluding hydrogens is 396 g/mol. The van der Waals surface area contributed by atoms with E-state index in [1.54, 1.807) is 17.5 Å². The minimum Gasteiger partial charge on any atom is -0.352 e. The molecule has 6 nitrogen and oxygen atoms in total. The molecule has 0 unspecified atom stereocenters. The topological polar surface area (TPSA) is 67.2 Å². The molecule has 0 atom stereocenters. The largest absolute Gasteiger partial charge is 0.352 e. The van der Waals surface area contributed by atoms with Gasteiger partial charge in [0.1, 0.15) is 0 Å². The van der Waals surface area contributed by atoms with Crippen molar-refractivity contribution in [3.05, 3.63) is 70.0 Å². The van der Waals surface area contributed by atoms with Crippen LogP contribution >= 0.6 is 11.3 Å². The molecule has 0 bridgehead atoms. The molecule has 1 aromatic carbocycles. The SMILES string of the molecule is Cc1cc(C(=O)NCCCC(=O)N2CCc3ccccc3C2)c(C)n1-c1nccs1.